The van der Waals surface area contributed by atoms with Crippen LogP contribution in [0.1, 0.15) is 69.8 Å². The largest absolute Gasteiger partial charge is 0.444 e. The molecule has 1 aliphatic rings. The third kappa shape index (κ3) is 6.87. The van der Waals surface area contributed by atoms with Gasteiger partial charge in [0.2, 0.25) is 0 Å². The first-order valence-corrected chi connectivity index (χ1v) is 11.2. The van der Waals surface area contributed by atoms with Crippen LogP contribution in [0.3, 0.4) is 0 Å². The number of aromatic nitrogens is 2. The monoisotopic (exact) mass is 458 g/mol. The summed E-state index contributed by atoms with van der Waals surface area (Å²) >= 11 is 0. The van der Waals surface area contributed by atoms with Gasteiger partial charge in [0.15, 0.2) is 0 Å². The highest BCUT2D eigenvalue weighted by Gasteiger charge is 2.35. The van der Waals surface area contributed by atoms with Gasteiger partial charge in [-0.15, -0.1) is 0 Å². The molecule has 0 radical (unpaired) electrons. The fraction of sp³-hybridized carbons (Fsp3) is 0.500. The molecule has 9 heteroatoms. The van der Waals surface area contributed by atoms with Crippen LogP contribution in [-0.2, 0) is 4.74 Å². The lowest BCUT2D eigenvalue weighted by Crippen LogP contribution is -2.56. The number of nitrogens with zero attached hydrogens (tertiary/aromatic N) is 2. The Morgan fingerprint density at radius 1 is 1.06 bits per heavy atom. The smallest absolute Gasteiger partial charge is 0.408 e. The zero-order chi connectivity index (χ0) is 24.1. The number of benzene rings is 1. The summed E-state index contributed by atoms with van der Waals surface area (Å²) in [6.45, 7) is 5.62. The lowest BCUT2D eigenvalue weighted by atomic mass is 9.90. The molecular weight excluding hydrogens is 427 g/mol. The first kappa shape index (κ1) is 24.4. The van der Waals surface area contributed by atoms with Crippen molar-refractivity contribution in [3.8, 4) is 5.69 Å². The zero-order valence-electron chi connectivity index (χ0n) is 19.3. The highest BCUT2D eigenvalue weighted by atomic mass is 19.1. The van der Waals surface area contributed by atoms with Gasteiger partial charge < -0.3 is 15.4 Å². The highest BCUT2D eigenvalue weighted by molar-refractivity contribution is 5.92. The molecule has 2 aromatic rings. The molecule has 1 aliphatic carbocycles. The third-order valence-electron chi connectivity index (χ3n) is 5.52. The van der Waals surface area contributed by atoms with Crippen molar-refractivity contribution in [3.63, 3.8) is 0 Å². The number of hydrogen-bond donors (Lipinski definition) is 2. The summed E-state index contributed by atoms with van der Waals surface area (Å²) < 4.78 is 19.7. The van der Waals surface area contributed by atoms with Gasteiger partial charge in [-0.25, -0.2) is 9.18 Å². The summed E-state index contributed by atoms with van der Waals surface area (Å²) in [7, 11) is 0. The number of rotatable bonds is 5. The van der Waals surface area contributed by atoms with E-state index in [-0.39, 0.29) is 12.2 Å². The molecule has 1 heterocycles. The van der Waals surface area contributed by atoms with Crippen molar-refractivity contribution < 1.29 is 18.7 Å². The van der Waals surface area contributed by atoms with Crippen molar-refractivity contribution in [2.45, 2.75) is 70.4 Å². The number of amides is 2. The Morgan fingerprint density at radius 3 is 2.30 bits per heavy atom. The first-order chi connectivity index (χ1) is 15.6. The van der Waals surface area contributed by atoms with Crippen molar-refractivity contribution >= 4 is 12.0 Å². The number of carbonyl (C=O) groups is 2. The lowest BCUT2D eigenvalue weighted by molar-refractivity contribution is 0.0437. The topological polar surface area (TPSA) is 102 Å². The summed E-state index contributed by atoms with van der Waals surface area (Å²) in [5.74, 6) is -0.910. The normalized spacial score (nSPS) is 15.9. The van der Waals surface area contributed by atoms with Crippen molar-refractivity contribution in [2.24, 2.45) is 0 Å². The highest BCUT2D eigenvalue weighted by Crippen LogP contribution is 2.27. The van der Waals surface area contributed by atoms with E-state index >= 15 is 0 Å². The van der Waals surface area contributed by atoms with E-state index in [0.29, 0.717) is 5.69 Å². The van der Waals surface area contributed by atoms with E-state index < -0.39 is 34.5 Å². The van der Waals surface area contributed by atoms with E-state index in [4.69, 9.17) is 4.74 Å². The van der Waals surface area contributed by atoms with Gasteiger partial charge in [0, 0.05) is 12.6 Å². The molecular formula is C24H31FN4O4. The molecule has 1 aromatic carbocycles. The van der Waals surface area contributed by atoms with E-state index in [1.807, 2.05) is 0 Å². The summed E-state index contributed by atoms with van der Waals surface area (Å²) in [6, 6.07) is 7.85. The van der Waals surface area contributed by atoms with E-state index in [2.05, 4.69) is 15.7 Å². The molecule has 8 nitrogen and oxygen atoms in total. The maximum absolute atomic E-state index is 13.2. The van der Waals surface area contributed by atoms with Crippen LogP contribution in [0.25, 0.3) is 5.69 Å². The first-order valence-electron chi connectivity index (χ1n) is 11.2. The Bertz CT molecular complexity index is 1040. The maximum atomic E-state index is 13.2. The van der Waals surface area contributed by atoms with E-state index in [1.165, 1.54) is 36.4 Å². The number of halogens is 1. The summed E-state index contributed by atoms with van der Waals surface area (Å²) in [5, 5.41) is 10.0. The molecule has 0 spiro atoms. The van der Waals surface area contributed by atoms with E-state index in [9.17, 15) is 18.8 Å². The standard InChI is InChI=1S/C24H31FN4O4/c1-23(2,3)33-22(32)27-24(14-6-4-5-7-15-24)16-26-21(31)19-12-13-20(30)29(28-19)18-10-8-17(25)9-11-18/h8-13H,4-7,14-16H2,1-3H3,(H,26,31)(H,27,32). The molecule has 0 saturated heterocycles. The second kappa shape index (κ2) is 10.1. The van der Waals surface area contributed by atoms with E-state index in [0.717, 1.165) is 43.2 Å². The Balaban J connectivity index is 1.76. The summed E-state index contributed by atoms with van der Waals surface area (Å²) in [6.07, 6.45) is 4.91. The Morgan fingerprint density at radius 2 is 1.70 bits per heavy atom. The molecule has 1 fully saturated rings. The second-order valence-corrected chi connectivity index (χ2v) is 9.45. The van der Waals surface area contributed by atoms with Crippen LogP contribution < -0.4 is 16.2 Å². The molecule has 0 bridgehead atoms. The SMILES string of the molecule is CC(C)(C)OC(=O)NC1(CNC(=O)c2ccc(=O)n(-c3ccc(F)cc3)n2)CCCCCC1. The van der Waals surface area contributed by atoms with Gasteiger partial charge in [-0.3, -0.25) is 9.59 Å². The van der Waals surface area contributed by atoms with Crippen molar-refractivity contribution in [3.05, 3.63) is 58.3 Å². The Labute approximate surface area is 192 Å². The molecule has 0 aliphatic heterocycles. The van der Waals surface area contributed by atoms with Crippen LogP contribution >= 0.6 is 0 Å². The average molecular weight is 459 g/mol. The molecule has 33 heavy (non-hydrogen) atoms. The van der Waals surface area contributed by atoms with Crippen LogP contribution in [-0.4, -0.2) is 39.5 Å². The molecule has 2 amide bonds. The minimum absolute atomic E-state index is 0.0416. The van der Waals surface area contributed by atoms with Crippen molar-refractivity contribution in [2.75, 3.05) is 6.54 Å². The Hall–Kier alpha value is -3.23. The fourth-order valence-electron chi connectivity index (χ4n) is 3.91. The molecule has 0 unspecified atom stereocenters. The van der Waals surface area contributed by atoms with Crippen LogP contribution in [0.5, 0.6) is 0 Å². The van der Waals surface area contributed by atoms with Gasteiger partial charge in [-0.2, -0.15) is 9.78 Å². The van der Waals surface area contributed by atoms with Crippen LogP contribution in [0.15, 0.2) is 41.2 Å². The van der Waals surface area contributed by atoms with Gasteiger partial charge >= 0.3 is 6.09 Å². The second-order valence-electron chi connectivity index (χ2n) is 9.45. The fourth-order valence-corrected chi connectivity index (χ4v) is 3.91. The van der Waals surface area contributed by atoms with Gasteiger partial charge in [0.25, 0.3) is 11.5 Å². The summed E-state index contributed by atoms with van der Waals surface area (Å²) in [4.78, 5) is 37.6. The predicted octanol–water partition coefficient (Wildman–Crippen LogP) is 3.72. The van der Waals surface area contributed by atoms with Gasteiger partial charge in [-0.05, 0) is 63.9 Å². The van der Waals surface area contributed by atoms with Crippen LogP contribution in [0.2, 0.25) is 0 Å². The van der Waals surface area contributed by atoms with Crippen LogP contribution in [0.4, 0.5) is 9.18 Å². The predicted molar refractivity (Wildman–Crippen MR) is 122 cm³/mol. The minimum atomic E-state index is -0.628. The number of carbonyl (C=O) groups excluding carboxylic acids is 2. The van der Waals surface area contributed by atoms with Crippen molar-refractivity contribution in [1.29, 1.82) is 0 Å². The third-order valence-corrected chi connectivity index (χ3v) is 5.52. The lowest BCUT2D eigenvalue weighted by Gasteiger charge is -2.35. The van der Waals surface area contributed by atoms with Crippen molar-refractivity contribution in [1.82, 2.24) is 20.4 Å². The number of nitrogens with one attached hydrogen (secondary N) is 2. The van der Waals surface area contributed by atoms with E-state index in [1.54, 1.807) is 20.8 Å². The van der Waals surface area contributed by atoms with Gasteiger partial charge in [-0.1, -0.05) is 25.7 Å². The molecule has 2 N–H and O–H groups in total. The number of ether oxygens (including phenoxy) is 1. The number of alkyl carbamates (subject to hydrolysis) is 1. The molecule has 1 saturated carbocycles. The van der Waals surface area contributed by atoms with Crippen LogP contribution in [0, 0.1) is 5.82 Å². The molecule has 178 valence electrons. The minimum Gasteiger partial charge on any atom is -0.444 e. The number of hydrogen-bond acceptors (Lipinski definition) is 5. The summed E-state index contributed by atoms with van der Waals surface area (Å²) in [5.41, 5.74) is -1.30. The zero-order valence-corrected chi connectivity index (χ0v) is 19.3. The van der Waals surface area contributed by atoms with Gasteiger partial charge in [0.1, 0.15) is 17.1 Å². The molecule has 1 aromatic heterocycles. The Kier molecular flexibility index (Phi) is 7.50. The molecule has 0 atom stereocenters. The average Bonchev–Trinajstić information content (AvgIpc) is 2.97. The van der Waals surface area contributed by atoms with Gasteiger partial charge in [0.05, 0.1) is 11.2 Å². The maximum Gasteiger partial charge on any atom is 0.408 e. The molecule has 3 rings (SSSR count). The quantitative estimate of drug-likeness (QED) is 0.665.